The van der Waals surface area contributed by atoms with Crippen LogP contribution in [0.3, 0.4) is 0 Å². The molecule has 4 N–H and O–H groups in total. The van der Waals surface area contributed by atoms with Gasteiger partial charge in [0.15, 0.2) is 5.11 Å². The van der Waals surface area contributed by atoms with E-state index in [1.807, 2.05) is 17.5 Å². The van der Waals surface area contributed by atoms with Crippen molar-refractivity contribution in [3.8, 4) is 0 Å². The third-order valence-electron chi connectivity index (χ3n) is 3.41. The van der Waals surface area contributed by atoms with E-state index in [1.54, 1.807) is 44.2 Å². The summed E-state index contributed by atoms with van der Waals surface area (Å²) in [6.45, 7) is 3.59. The molecule has 0 aliphatic carbocycles. The highest BCUT2D eigenvalue weighted by molar-refractivity contribution is 7.80. The smallest absolute Gasteiger partial charge is 0.269 e. The number of anilines is 1. The second-order valence-electron chi connectivity index (χ2n) is 5.97. The van der Waals surface area contributed by atoms with E-state index in [-0.39, 0.29) is 16.9 Å². The Bertz CT molecular complexity index is 875. The summed E-state index contributed by atoms with van der Waals surface area (Å²) in [4.78, 5) is 36.5. The highest BCUT2D eigenvalue weighted by Gasteiger charge is 2.09. The Morgan fingerprint density at radius 2 is 1.79 bits per heavy atom. The summed E-state index contributed by atoms with van der Waals surface area (Å²) in [7, 11) is 0. The van der Waals surface area contributed by atoms with Crippen molar-refractivity contribution >= 4 is 58.2 Å². The molecule has 0 unspecified atom stereocenters. The van der Waals surface area contributed by atoms with Crippen LogP contribution in [0.4, 0.5) is 5.69 Å². The highest BCUT2D eigenvalue weighted by atomic mass is 32.1. The van der Waals surface area contributed by atoms with E-state index in [9.17, 15) is 14.4 Å². The number of thiocarbonyl (C=S) groups is 1. The largest absolute Gasteiger partial charge is 0.326 e. The molecule has 0 fully saturated rings. The molecule has 1 aromatic heterocycles. The minimum Gasteiger partial charge on any atom is -0.326 e. The average Bonchev–Trinajstić information content (AvgIpc) is 3.18. The number of amides is 3. The van der Waals surface area contributed by atoms with Crippen molar-refractivity contribution in [2.45, 2.75) is 13.8 Å². The Morgan fingerprint density at radius 3 is 2.39 bits per heavy atom. The number of thiophene rings is 1. The molecular weight excluding hydrogens is 396 g/mol. The molecule has 146 valence electrons. The lowest BCUT2D eigenvalue weighted by atomic mass is 10.1. The molecule has 7 nitrogen and oxygen atoms in total. The number of benzene rings is 1. The SMILES string of the molecule is CC(C)C(=O)Nc1ccc(C(=O)NNC(=S)NC(=O)/C=C/c2cccs2)cc1. The molecule has 28 heavy (non-hydrogen) atoms. The van der Waals surface area contributed by atoms with Crippen molar-refractivity contribution in [2.75, 3.05) is 5.32 Å². The molecule has 0 radical (unpaired) electrons. The first kappa shape index (κ1) is 21.3. The number of hydrazine groups is 1. The molecule has 1 aromatic carbocycles. The lowest BCUT2D eigenvalue weighted by Crippen LogP contribution is -2.48. The van der Waals surface area contributed by atoms with Crippen molar-refractivity contribution in [1.29, 1.82) is 0 Å². The van der Waals surface area contributed by atoms with Crippen LogP contribution < -0.4 is 21.5 Å². The molecule has 0 saturated heterocycles. The number of carbonyl (C=O) groups is 3. The first-order chi connectivity index (χ1) is 13.3. The van der Waals surface area contributed by atoms with E-state index in [2.05, 4.69) is 21.5 Å². The third-order valence-corrected chi connectivity index (χ3v) is 4.45. The molecule has 0 aliphatic rings. The van der Waals surface area contributed by atoms with E-state index in [4.69, 9.17) is 12.2 Å². The van der Waals surface area contributed by atoms with E-state index in [0.717, 1.165) is 4.88 Å². The summed E-state index contributed by atoms with van der Waals surface area (Å²) in [5, 5.41) is 7.04. The van der Waals surface area contributed by atoms with Gasteiger partial charge >= 0.3 is 0 Å². The molecule has 2 aromatic rings. The molecule has 9 heteroatoms. The van der Waals surface area contributed by atoms with Crippen LogP contribution in [-0.4, -0.2) is 22.8 Å². The van der Waals surface area contributed by atoms with Crippen LogP contribution in [0.15, 0.2) is 47.9 Å². The monoisotopic (exact) mass is 416 g/mol. The van der Waals surface area contributed by atoms with Gasteiger partial charge in [0.05, 0.1) is 0 Å². The van der Waals surface area contributed by atoms with E-state index >= 15 is 0 Å². The second kappa shape index (κ2) is 10.3. The fourth-order valence-corrected chi connectivity index (χ4v) is 2.68. The van der Waals surface area contributed by atoms with Crippen LogP contribution in [0.2, 0.25) is 0 Å². The lowest BCUT2D eigenvalue weighted by Gasteiger charge is -2.11. The van der Waals surface area contributed by atoms with Crippen molar-refractivity contribution in [1.82, 2.24) is 16.2 Å². The first-order valence-corrected chi connectivity index (χ1v) is 9.67. The van der Waals surface area contributed by atoms with E-state index < -0.39 is 11.8 Å². The fraction of sp³-hybridized carbons (Fsp3) is 0.158. The summed E-state index contributed by atoms with van der Waals surface area (Å²) in [6.07, 6.45) is 3.02. The van der Waals surface area contributed by atoms with Crippen LogP contribution >= 0.6 is 23.6 Å². The number of hydrogen-bond donors (Lipinski definition) is 4. The number of nitrogens with one attached hydrogen (secondary N) is 4. The Balaban J connectivity index is 1.78. The minimum absolute atomic E-state index is 0.0324. The van der Waals surface area contributed by atoms with E-state index in [0.29, 0.717) is 11.3 Å². The summed E-state index contributed by atoms with van der Waals surface area (Å²) < 4.78 is 0. The van der Waals surface area contributed by atoms with Gasteiger partial charge in [-0.05, 0) is 54.0 Å². The minimum atomic E-state index is -0.438. The molecular formula is C19H20N4O3S2. The Labute approximate surface area is 172 Å². The summed E-state index contributed by atoms with van der Waals surface area (Å²) in [5.41, 5.74) is 5.83. The molecule has 0 bridgehead atoms. The van der Waals surface area contributed by atoms with Crippen LogP contribution in [-0.2, 0) is 9.59 Å². The van der Waals surface area contributed by atoms with E-state index in [1.165, 1.54) is 17.4 Å². The summed E-state index contributed by atoms with van der Waals surface area (Å²) >= 11 is 6.47. The zero-order valence-electron chi connectivity index (χ0n) is 15.3. The van der Waals surface area contributed by atoms with Gasteiger partial charge in [-0.3, -0.25) is 30.6 Å². The summed E-state index contributed by atoms with van der Waals surface area (Å²) in [6, 6.07) is 10.2. The maximum absolute atomic E-state index is 12.1. The van der Waals surface area contributed by atoms with Gasteiger partial charge in [-0.25, -0.2) is 0 Å². The molecule has 0 saturated carbocycles. The van der Waals surface area contributed by atoms with Gasteiger partial charge < -0.3 is 5.32 Å². The molecule has 0 atom stereocenters. The fourth-order valence-electron chi connectivity index (χ4n) is 1.91. The number of rotatable bonds is 5. The van der Waals surface area contributed by atoms with Gasteiger partial charge in [0, 0.05) is 28.1 Å². The number of carbonyl (C=O) groups excluding carboxylic acids is 3. The van der Waals surface area contributed by atoms with Crippen molar-refractivity contribution in [2.24, 2.45) is 5.92 Å². The van der Waals surface area contributed by atoms with Crippen molar-refractivity contribution < 1.29 is 14.4 Å². The molecule has 0 spiro atoms. The zero-order valence-corrected chi connectivity index (χ0v) is 16.9. The predicted molar refractivity (Wildman–Crippen MR) is 115 cm³/mol. The Kier molecular flexibility index (Phi) is 7.85. The predicted octanol–water partition coefficient (Wildman–Crippen LogP) is 2.69. The topological polar surface area (TPSA) is 99.3 Å². The highest BCUT2D eigenvalue weighted by Crippen LogP contribution is 2.11. The molecule has 2 rings (SSSR count). The Hall–Kier alpha value is -3.04. The van der Waals surface area contributed by atoms with Gasteiger partial charge in [-0.15, -0.1) is 11.3 Å². The molecule has 0 aliphatic heterocycles. The van der Waals surface area contributed by atoms with Crippen molar-refractivity contribution in [3.63, 3.8) is 0 Å². The quantitative estimate of drug-likeness (QED) is 0.341. The van der Waals surface area contributed by atoms with Crippen molar-refractivity contribution in [3.05, 3.63) is 58.3 Å². The van der Waals surface area contributed by atoms with Crippen LogP contribution in [0, 0.1) is 5.92 Å². The average molecular weight is 417 g/mol. The van der Waals surface area contributed by atoms with Gasteiger partial charge in [-0.2, -0.15) is 0 Å². The van der Waals surface area contributed by atoms with Crippen LogP contribution in [0.25, 0.3) is 6.08 Å². The normalized spacial score (nSPS) is 10.5. The zero-order chi connectivity index (χ0) is 20.5. The van der Waals surface area contributed by atoms with Gasteiger partial charge in [0.1, 0.15) is 0 Å². The van der Waals surface area contributed by atoms with Crippen LogP contribution in [0.1, 0.15) is 29.1 Å². The van der Waals surface area contributed by atoms with Gasteiger partial charge in [0.2, 0.25) is 11.8 Å². The lowest BCUT2D eigenvalue weighted by molar-refractivity contribution is -0.119. The Morgan fingerprint density at radius 1 is 1.07 bits per heavy atom. The molecule has 3 amide bonds. The van der Waals surface area contributed by atoms with Gasteiger partial charge in [-0.1, -0.05) is 19.9 Å². The third kappa shape index (κ3) is 6.93. The van der Waals surface area contributed by atoms with Crippen LogP contribution in [0.5, 0.6) is 0 Å². The maximum Gasteiger partial charge on any atom is 0.269 e. The number of hydrogen-bond acceptors (Lipinski definition) is 5. The maximum atomic E-state index is 12.1. The van der Waals surface area contributed by atoms with Gasteiger partial charge in [0.25, 0.3) is 5.91 Å². The second-order valence-corrected chi connectivity index (χ2v) is 7.36. The standard InChI is InChI=1S/C19H20N4O3S2/c1-12(2)17(25)20-14-7-5-13(6-8-14)18(26)22-23-19(27)21-16(24)10-9-15-4-3-11-28-15/h3-12H,1-2H3,(H,20,25)(H,22,26)(H2,21,23,24,27)/b10-9+. The first-order valence-electron chi connectivity index (χ1n) is 8.39. The molecule has 1 heterocycles. The summed E-state index contributed by atoms with van der Waals surface area (Å²) in [5.74, 6) is -1.09.